The molecule has 1 aliphatic carbocycles. The largest absolute Gasteiger partial charge is 0.465 e. The molecule has 0 radical (unpaired) electrons. The minimum atomic E-state index is -0.341. The number of methoxy groups -OCH3 is 1. The van der Waals surface area contributed by atoms with E-state index in [0.717, 1.165) is 0 Å². The van der Waals surface area contributed by atoms with Gasteiger partial charge in [0.05, 0.1) is 16.1 Å². The average molecular weight is 305 g/mol. The van der Waals surface area contributed by atoms with Gasteiger partial charge in [-0.2, -0.15) is 0 Å². The highest BCUT2D eigenvalue weighted by Crippen LogP contribution is 2.27. The number of carbonyl (C=O) groups is 1. The second kappa shape index (κ2) is 4.16. The second-order valence-corrected chi connectivity index (χ2v) is 5.54. The van der Waals surface area contributed by atoms with Crippen LogP contribution in [0.1, 0.15) is 6.92 Å². The summed E-state index contributed by atoms with van der Waals surface area (Å²) in [6, 6.07) is 0. The van der Waals surface area contributed by atoms with Gasteiger partial charge in [0.1, 0.15) is 0 Å². The summed E-state index contributed by atoms with van der Waals surface area (Å²) in [7, 11) is 1.36. The monoisotopic (exact) mass is 305 g/mol. The lowest BCUT2D eigenvalue weighted by atomic mass is 10.1. The molecular weight excluding hydrogens is 293 g/mol. The molecule has 0 spiro atoms. The first-order valence-electron chi connectivity index (χ1n) is 4.11. The number of alkyl halides is 1. The third-order valence-electron chi connectivity index (χ3n) is 1.76. The molecule has 1 aliphatic rings. The Balaban J connectivity index is 3.06. The highest BCUT2D eigenvalue weighted by molar-refractivity contribution is 14.1. The number of halogens is 1. The van der Waals surface area contributed by atoms with Crippen molar-refractivity contribution in [2.45, 2.75) is 10.3 Å². The summed E-state index contributed by atoms with van der Waals surface area (Å²) in [4.78, 5) is 11.3. The number of ether oxygens (including phenoxy) is 1. The van der Waals surface area contributed by atoms with Gasteiger partial charge in [-0.3, -0.25) is 0 Å². The molecule has 0 saturated heterocycles. The molecule has 0 bridgehead atoms. The van der Waals surface area contributed by atoms with E-state index in [2.05, 4.69) is 27.3 Å². The molecule has 0 aliphatic heterocycles. The number of hydrogen-bond donors (Lipinski definition) is 1. The van der Waals surface area contributed by atoms with Crippen molar-refractivity contribution in [1.29, 1.82) is 0 Å². The van der Waals surface area contributed by atoms with Crippen molar-refractivity contribution < 1.29 is 9.53 Å². The van der Waals surface area contributed by atoms with Crippen LogP contribution in [0, 0.1) is 0 Å². The zero-order chi connectivity index (χ0) is 10.8. The maximum absolute atomic E-state index is 11.3. The SMILES string of the molecule is COC(=O)C1=CC(C)(I)C=C(N)C=C1. The maximum atomic E-state index is 11.3. The molecule has 1 unspecified atom stereocenters. The van der Waals surface area contributed by atoms with Crippen molar-refractivity contribution in [2.24, 2.45) is 5.73 Å². The quantitative estimate of drug-likeness (QED) is 0.456. The lowest BCUT2D eigenvalue weighted by Crippen LogP contribution is -2.12. The topological polar surface area (TPSA) is 52.3 Å². The summed E-state index contributed by atoms with van der Waals surface area (Å²) < 4.78 is 4.39. The Labute approximate surface area is 96.8 Å². The summed E-state index contributed by atoms with van der Waals surface area (Å²) in [5, 5.41) is 0. The fraction of sp³-hybridized carbons (Fsp3) is 0.300. The zero-order valence-corrected chi connectivity index (χ0v) is 10.2. The molecule has 0 aromatic rings. The highest BCUT2D eigenvalue weighted by atomic mass is 127. The number of rotatable bonds is 1. The first-order chi connectivity index (χ1) is 6.44. The van der Waals surface area contributed by atoms with E-state index in [9.17, 15) is 4.79 Å². The van der Waals surface area contributed by atoms with E-state index in [-0.39, 0.29) is 9.39 Å². The van der Waals surface area contributed by atoms with Crippen molar-refractivity contribution >= 4 is 28.6 Å². The molecule has 0 fully saturated rings. The normalized spacial score (nSPS) is 26.2. The lowest BCUT2D eigenvalue weighted by Gasteiger charge is -2.12. The Morgan fingerprint density at radius 1 is 1.50 bits per heavy atom. The third kappa shape index (κ3) is 2.87. The molecule has 2 N–H and O–H groups in total. The maximum Gasteiger partial charge on any atom is 0.337 e. The predicted octanol–water partition coefficient (Wildman–Crippen LogP) is 1.69. The van der Waals surface area contributed by atoms with Crippen molar-refractivity contribution in [2.75, 3.05) is 7.11 Å². The molecule has 1 rings (SSSR count). The van der Waals surface area contributed by atoms with E-state index in [1.807, 2.05) is 19.1 Å². The molecule has 0 amide bonds. The predicted molar refractivity (Wildman–Crippen MR) is 63.9 cm³/mol. The Morgan fingerprint density at radius 3 is 2.71 bits per heavy atom. The van der Waals surface area contributed by atoms with Crippen LogP contribution in [0.2, 0.25) is 0 Å². The number of hydrogen-bond acceptors (Lipinski definition) is 3. The van der Waals surface area contributed by atoms with E-state index in [1.54, 1.807) is 12.2 Å². The van der Waals surface area contributed by atoms with E-state index in [1.165, 1.54) is 7.11 Å². The van der Waals surface area contributed by atoms with Crippen LogP contribution in [0.3, 0.4) is 0 Å². The van der Waals surface area contributed by atoms with Crippen LogP contribution >= 0.6 is 22.6 Å². The molecule has 0 saturated carbocycles. The van der Waals surface area contributed by atoms with E-state index in [0.29, 0.717) is 11.3 Å². The molecule has 4 heteroatoms. The highest BCUT2D eigenvalue weighted by Gasteiger charge is 2.19. The fourth-order valence-corrected chi connectivity index (χ4v) is 1.89. The first-order valence-corrected chi connectivity index (χ1v) is 5.19. The zero-order valence-electron chi connectivity index (χ0n) is 8.08. The van der Waals surface area contributed by atoms with Gasteiger partial charge in [-0.15, -0.1) is 0 Å². The van der Waals surface area contributed by atoms with Crippen molar-refractivity contribution in [3.63, 3.8) is 0 Å². The van der Waals surface area contributed by atoms with Crippen LogP contribution < -0.4 is 5.73 Å². The molecule has 3 nitrogen and oxygen atoms in total. The van der Waals surface area contributed by atoms with Crippen LogP contribution in [0.4, 0.5) is 0 Å². The molecule has 0 heterocycles. The minimum Gasteiger partial charge on any atom is -0.465 e. The second-order valence-electron chi connectivity index (χ2n) is 3.22. The van der Waals surface area contributed by atoms with Gasteiger partial charge in [-0.1, -0.05) is 28.7 Å². The van der Waals surface area contributed by atoms with Gasteiger partial charge in [0, 0.05) is 5.70 Å². The Morgan fingerprint density at radius 2 is 2.14 bits per heavy atom. The first kappa shape index (κ1) is 11.3. The number of allylic oxidation sites excluding steroid dienone is 3. The van der Waals surface area contributed by atoms with Crippen LogP contribution in [-0.2, 0) is 9.53 Å². The van der Waals surface area contributed by atoms with Gasteiger partial charge < -0.3 is 10.5 Å². The average Bonchev–Trinajstić information content (AvgIpc) is 2.22. The van der Waals surface area contributed by atoms with Crippen molar-refractivity contribution in [3.8, 4) is 0 Å². The molecule has 1 atom stereocenters. The molecule has 0 aromatic carbocycles. The molecule has 76 valence electrons. The number of nitrogens with two attached hydrogens (primary N) is 1. The molecule has 14 heavy (non-hydrogen) atoms. The van der Waals surface area contributed by atoms with Crippen LogP contribution in [-0.4, -0.2) is 16.5 Å². The van der Waals surface area contributed by atoms with Crippen LogP contribution in [0.15, 0.2) is 35.6 Å². The van der Waals surface area contributed by atoms with Gasteiger partial charge in [0.2, 0.25) is 0 Å². The van der Waals surface area contributed by atoms with E-state index >= 15 is 0 Å². The van der Waals surface area contributed by atoms with E-state index < -0.39 is 0 Å². The summed E-state index contributed by atoms with van der Waals surface area (Å²) in [5.41, 5.74) is 6.88. The minimum absolute atomic E-state index is 0.255. The fourth-order valence-electron chi connectivity index (χ4n) is 1.20. The number of esters is 1. The molecule has 0 aromatic heterocycles. The number of carbonyl (C=O) groups excluding carboxylic acids is 1. The van der Waals surface area contributed by atoms with Gasteiger partial charge in [-0.25, -0.2) is 4.79 Å². The van der Waals surface area contributed by atoms with Crippen molar-refractivity contribution in [3.05, 3.63) is 35.6 Å². The summed E-state index contributed by atoms with van der Waals surface area (Å²) >= 11 is 2.22. The lowest BCUT2D eigenvalue weighted by molar-refractivity contribution is -0.135. The van der Waals surface area contributed by atoms with Gasteiger partial charge in [0.15, 0.2) is 0 Å². The third-order valence-corrected chi connectivity index (χ3v) is 2.39. The van der Waals surface area contributed by atoms with Gasteiger partial charge >= 0.3 is 5.97 Å². The summed E-state index contributed by atoms with van der Waals surface area (Å²) in [6.07, 6.45) is 7.09. The summed E-state index contributed by atoms with van der Waals surface area (Å²) in [6.45, 7) is 1.97. The standard InChI is InChI=1S/C10H12INO2/c1-10(11)5-7(9(13)14-2)3-4-8(12)6-10/h3-6H,12H2,1-2H3. The summed E-state index contributed by atoms with van der Waals surface area (Å²) in [5.74, 6) is -0.341. The van der Waals surface area contributed by atoms with Crippen molar-refractivity contribution in [1.82, 2.24) is 0 Å². The Kier molecular flexibility index (Phi) is 3.36. The van der Waals surface area contributed by atoms with E-state index in [4.69, 9.17) is 5.73 Å². The molecular formula is C10H12INO2. The van der Waals surface area contributed by atoms with Gasteiger partial charge in [0.25, 0.3) is 0 Å². The Hall–Kier alpha value is -0.780. The van der Waals surface area contributed by atoms with Gasteiger partial charge in [-0.05, 0) is 25.2 Å². The smallest absolute Gasteiger partial charge is 0.337 e. The van der Waals surface area contributed by atoms with Crippen LogP contribution in [0.25, 0.3) is 0 Å². The Bertz CT molecular complexity index is 340. The van der Waals surface area contributed by atoms with Crippen LogP contribution in [0.5, 0.6) is 0 Å².